The van der Waals surface area contributed by atoms with Crippen LogP contribution in [0.3, 0.4) is 0 Å². The summed E-state index contributed by atoms with van der Waals surface area (Å²) in [5.74, 6) is -0.654. The summed E-state index contributed by atoms with van der Waals surface area (Å²) in [4.78, 5) is 0. The van der Waals surface area contributed by atoms with E-state index in [0.29, 0.717) is 27.7 Å². The summed E-state index contributed by atoms with van der Waals surface area (Å²) in [6, 6.07) is 14.5. The van der Waals surface area contributed by atoms with E-state index in [1.807, 2.05) is 0 Å². The van der Waals surface area contributed by atoms with Gasteiger partial charge in [0.25, 0.3) is 6.36 Å². The smallest absolute Gasteiger partial charge is 0.270 e. The van der Waals surface area contributed by atoms with Crippen molar-refractivity contribution >= 4 is 10.9 Å². The van der Waals surface area contributed by atoms with Crippen molar-refractivity contribution in [2.75, 3.05) is 0 Å². The van der Waals surface area contributed by atoms with Gasteiger partial charge in [-0.25, -0.2) is 13.5 Å². The van der Waals surface area contributed by atoms with Gasteiger partial charge in [0.05, 0.1) is 17.4 Å². The Morgan fingerprint density at radius 1 is 1.00 bits per heavy atom. The summed E-state index contributed by atoms with van der Waals surface area (Å²) in [6.45, 7) is 2.90. The van der Waals surface area contributed by atoms with Crippen LogP contribution in [-0.4, -0.2) is 21.2 Å². The van der Waals surface area contributed by atoms with Crippen LogP contribution in [0.15, 0.2) is 66.9 Å². The highest BCUT2D eigenvalue weighted by Gasteiger charge is 2.36. The number of alkyl halides is 1. The van der Waals surface area contributed by atoms with Crippen molar-refractivity contribution in [3.8, 4) is 11.4 Å². The van der Waals surface area contributed by atoms with Gasteiger partial charge in [0, 0.05) is 5.39 Å². The zero-order valence-electron chi connectivity index (χ0n) is 16.3. The number of aliphatic hydroxyl groups is 1. The molecule has 0 fully saturated rings. The zero-order chi connectivity index (χ0) is 21.5. The van der Waals surface area contributed by atoms with Crippen molar-refractivity contribution in [1.82, 2.24) is 9.78 Å². The number of benzene rings is 3. The van der Waals surface area contributed by atoms with Crippen LogP contribution >= 0.6 is 0 Å². The molecule has 0 aliphatic rings. The van der Waals surface area contributed by atoms with Crippen LogP contribution in [0.1, 0.15) is 18.1 Å². The average molecular weight is 412 g/mol. The number of aryl methyl sites for hydroxylation is 1. The van der Waals surface area contributed by atoms with Gasteiger partial charge in [0.15, 0.2) is 5.60 Å². The highest BCUT2D eigenvalue weighted by Crippen LogP contribution is 2.32. The van der Waals surface area contributed by atoms with E-state index in [9.17, 15) is 18.3 Å². The predicted octanol–water partition coefficient (Wildman–Crippen LogP) is 5.19. The fourth-order valence-electron chi connectivity index (χ4n) is 3.24. The molecule has 0 aliphatic heterocycles. The lowest BCUT2D eigenvalue weighted by Gasteiger charge is -2.28. The lowest BCUT2D eigenvalue weighted by Crippen LogP contribution is -2.37. The number of hydrogen-bond donors (Lipinski definition) is 1. The zero-order valence-corrected chi connectivity index (χ0v) is 16.3. The number of aromatic nitrogens is 2. The van der Waals surface area contributed by atoms with E-state index >= 15 is 0 Å². The Kier molecular flexibility index (Phi) is 4.99. The van der Waals surface area contributed by atoms with Gasteiger partial charge >= 0.3 is 0 Å². The van der Waals surface area contributed by atoms with Crippen LogP contribution in [0.5, 0.6) is 5.75 Å². The minimum atomic E-state index is -2.09. The molecule has 0 radical (unpaired) electrons. The van der Waals surface area contributed by atoms with Crippen molar-refractivity contribution in [2.45, 2.75) is 25.8 Å². The molecule has 2 atom stereocenters. The van der Waals surface area contributed by atoms with Gasteiger partial charge in [-0.2, -0.15) is 9.49 Å². The van der Waals surface area contributed by atoms with Gasteiger partial charge in [0.1, 0.15) is 17.4 Å². The summed E-state index contributed by atoms with van der Waals surface area (Å²) in [5, 5.41) is 15.8. The molecule has 0 aliphatic carbocycles. The second kappa shape index (κ2) is 7.50. The summed E-state index contributed by atoms with van der Waals surface area (Å²) >= 11 is 0. The first-order chi connectivity index (χ1) is 14.3. The third-order valence-electron chi connectivity index (χ3n) is 5.03. The minimum absolute atomic E-state index is 0.148. The predicted molar refractivity (Wildman–Crippen MR) is 107 cm³/mol. The molecular formula is C23H19F3N2O2. The Balaban J connectivity index is 1.63. The SMILES string of the molecule is Cc1cc(F)ccc1OC(F)C(C)(O)c1ccc2c(cnn2-c2ccc(F)cc2)c1. The van der Waals surface area contributed by atoms with Crippen LogP contribution in [0.25, 0.3) is 16.6 Å². The van der Waals surface area contributed by atoms with E-state index in [1.165, 1.54) is 37.3 Å². The van der Waals surface area contributed by atoms with E-state index < -0.39 is 17.8 Å². The topological polar surface area (TPSA) is 47.3 Å². The van der Waals surface area contributed by atoms with Crippen molar-refractivity contribution in [2.24, 2.45) is 0 Å². The lowest BCUT2D eigenvalue weighted by atomic mass is 9.95. The van der Waals surface area contributed by atoms with Gasteiger partial charge in [-0.3, -0.25) is 0 Å². The summed E-state index contributed by atoms with van der Waals surface area (Å²) < 4.78 is 48.3. The number of nitrogens with zero attached hydrogens (tertiary/aromatic N) is 2. The second-order valence-corrected chi connectivity index (χ2v) is 7.30. The quantitative estimate of drug-likeness (QED) is 0.491. The first-order valence-corrected chi connectivity index (χ1v) is 9.29. The second-order valence-electron chi connectivity index (χ2n) is 7.30. The minimum Gasteiger partial charge on any atom is -0.457 e. The highest BCUT2D eigenvalue weighted by molar-refractivity contribution is 5.81. The first-order valence-electron chi connectivity index (χ1n) is 9.29. The number of fused-ring (bicyclic) bond motifs is 1. The van der Waals surface area contributed by atoms with E-state index in [4.69, 9.17) is 4.74 Å². The van der Waals surface area contributed by atoms with E-state index in [1.54, 1.807) is 48.1 Å². The summed E-state index contributed by atoms with van der Waals surface area (Å²) in [5.41, 5.74) is 0.133. The molecule has 4 rings (SSSR count). The van der Waals surface area contributed by atoms with E-state index in [-0.39, 0.29) is 11.6 Å². The van der Waals surface area contributed by atoms with E-state index in [0.717, 1.165) is 0 Å². The summed E-state index contributed by atoms with van der Waals surface area (Å²) in [6.07, 6.45) is -0.512. The monoisotopic (exact) mass is 412 g/mol. The number of ether oxygens (including phenoxy) is 1. The molecule has 0 saturated carbocycles. The Morgan fingerprint density at radius 2 is 1.70 bits per heavy atom. The van der Waals surface area contributed by atoms with Crippen molar-refractivity contribution in [3.05, 3.63) is 89.6 Å². The van der Waals surface area contributed by atoms with Crippen molar-refractivity contribution in [1.29, 1.82) is 0 Å². The third kappa shape index (κ3) is 3.64. The Labute approximate surface area is 171 Å². The Bertz CT molecular complexity index is 1200. The van der Waals surface area contributed by atoms with Crippen LogP contribution < -0.4 is 4.74 Å². The Hall–Kier alpha value is -3.32. The number of rotatable bonds is 5. The highest BCUT2D eigenvalue weighted by atomic mass is 19.1. The largest absolute Gasteiger partial charge is 0.457 e. The molecule has 154 valence electrons. The molecule has 30 heavy (non-hydrogen) atoms. The molecule has 3 aromatic carbocycles. The van der Waals surface area contributed by atoms with Crippen LogP contribution in [-0.2, 0) is 5.60 Å². The van der Waals surface area contributed by atoms with Crippen LogP contribution in [0.2, 0.25) is 0 Å². The maximum absolute atomic E-state index is 14.9. The number of hydrogen-bond acceptors (Lipinski definition) is 3. The molecule has 7 heteroatoms. The van der Waals surface area contributed by atoms with Gasteiger partial charge < -0.3 is 9.84 Å². The molecule has 4 aromatic rings. The third-order valence-corrected chi connectivity index (χ3v) is 5.03. The molecule has 2 unspecified atom stereocenters. The Morgan fingerprint density at radius 3 is 2.40 bits per heavy atom. The molecule has 0 saturated heterocycles. The maximum Gasteiger partial charge on any atom is 0.270 e. The van der Waals surface area contributed by atoms with Gasteiger partial charge in [-0.15, -0.1) is 0 Å². The fourth-order valence-corrected chi connectivity index (χ4v) is 3.24. The molecular weight excluding hydrogens is 393 g/mol. The standard InChI is InChI=1S/C23H19F3N2O2/c1-14-11-18(25)6-10-21(14)30-22(26)23(2,29)16-3-9-20-15(12-16)13-27-28(20)19-7-4-17(24)5-8-19/h3-13,22,29H,1-2H3. The van der Waals surface area contributed by atoms with Crippen LogP contribution in [0, 0.1) is 18.6 Å². The van der Waals surface area contributed by atoms with Crippen molar-refractivity contribution < 1.29 is 23.0 Å². The molecule has 0 spiro atoms. The molecule has 1 heterocycles. The fraction of sp³-hybridized carbons (Fsp3) is 0.174. The van der Waals surface area contributed by atoms with Crippen LogP contribution in [0.4, 0.5) is 13.2 Å². The first kappa shape index (κ1) is 20.0. The van der Waals surface area contributed by atoms with Gasteiger partial charge in [0.2, 0.25) is 0 Å². The molecule has 4 nitrogen and oxygen atoms in total. The average Bonchev–Trinajstić information content (AvgIpc) is 3.14. The molecule has 0 amide bonds. The molecule has 1 N–H and O–H groups in total. The lowest BCUT2D eigenvalue weighted by molar-refractivity contribution is -0.119. The number of halogens is 3. The summed E-state index contributed by atoms with van der Waals surface area (Å²) in [7, 11) is 0. The van der Waals surface area contributed by atoms with Gasteiger partial charge in [-0.05, 0) is 79.6 Å². The van der Waals surface area contributed by atoms with E-state index in [2.05, 4.69) is 5.10 Å². The normalized spacial score (nSPS) is 14.5. The molecule has 0 bridgehead atoms. The molecule has 1 aromatic heterocycles. The van der Waals surface area contributed by atoms with Crippen molar-refractivity contribution in [3.63, 3.8) is 0 Å². The maximum atomic E-state index is 14.9. The van der Waals surface area contributed by atoms with Gasteiger partial charge in [-0.1, -0.05) is 6.07 Å².